The quantitative estimate of drug-likeness (QED) is 0.222. The Bertz CT molecular complexity index is 606. The van der Waals surface area contributed by atoms with E-state index in [0.29, 0.717) is 0 Å². The van der Waals surface area contributed by atoms with Crippen molar-refractivity contribution in [1.82, 2.24) is 29.4 Å². The van der Waals surface area contributed by atoms with Crippen LogP contribution >= 0.6 is 0 Å². The minimum atomic E-state index is 0.826. The number of morpholine rings is 1. The van der Waals surface area contributed by atoms with E-state index in [4.69, 9.17) is 28.4 Å². The van der Waals surface area contributed by atoms with E-state index >= 15 is 0 Å². The summed E-state index contributed by atoms with van der Waals surface area (Å²) in [6.07, 6.45) is 9.59. The number of hydrogen-bond acceptors (Lipinski definition) is 12. The summed E-state index contributed by atoms with van der Waals surface area (Å²) in [5.41, 5.74) is 0. The first-order valence-electron chi connectivity index (χ1n) is 19.1. The first-order valence-corrected chi connectivity index (χ1v) is 19.1. The third kappa shape index (κ3) is 33.1. The minimum absolute atomic E-state index is 0.826. The van der Waals surface area contributed by atoms with Gasteiger partial charge in [-0.2, -0.15) is 0 Å². The molecule has 0 amide bonds. The van der Waals surface area contributed by atoms with Gasteiger partial charge in [0.25, 0.3) is 0 Å². The van der Waals surface area contributed by atoms with Crippen molar-refractivity contribution >= 4 is 0 Å². The Morgan fingerprint density at radius 1 is 0.449 bits per heavy atom. The van der Waals surface area contributed by atoms with Crippen LogP contribution in [0.1, 0.15) is 44.9 Å². The molecule has 12 nitrogen and oxygen atoms in total. The van der Waals surface area contributed by atoms with E-state index in [1.165, 1.54) is 104 Å². The van der Waals surface area contributed by atoms with Crippen LogP contribution in [-0.4, -0.2) is 231 Å². The summed E-state index contributed by atoms with van der Waals surface area (Å²) in [6.45, 7) is 23.7. The Morgan fingerprint density at radius 2 is 0.837 bits per heavy atom. The van der Waals surface area contributed by atoms with Crippen molar-refractivity contribution in [3.63, 3.8) is 0 Å². The highest BCUT2D eigenvalue weighted by Crippen LogP contribution is 2.09. The van der Waals surface area contributed by atoms with Gasteiger partial charge in [-0.05, 0) is 79.4 Å². The fourth-order valence-corrected chi connectivity index (χ4v) is 5.63. The van der Waals surface area contributed by atoms with Crippen LogP contribution in [0.4, 0.5) is 0 Å². The number of rotatable bonds is 16. The first-order chi connectivity index (χ1) is 23.9. The molecule has 0 aromatic heterocycles. The van der Waals surface area contributed by atoms with E-state index in [-0.39, 0.29) is 0 Å². The van der Waals surface area contributed by atoms with Crippen LogP contribution in [0.3, 0.4) is 0 Å². The number of methoxy groups -OCH3 is 5. The molecule has 0 unspecified atom stereocenters. The fourth-order valence-electron chi connectivity index (χ4n) is 5.63. The second-order valence-corrected chi connectivity index (χ2v) is 13.5. The molecule has 0 aliphatic carbocycles. The maximum atomic E-state index is 5.20. The SMILES string of the molecule is COCCCN1CCCCC1.COCCN(C)C.COCCN1CCCCC1.COCCN1CCN(C)CC1.COCCN1CCOCC1. The maximum absolute atomic E-state index is 5.20. The number of nitrogens with zero attached hydrogens (tertiary/aromatic N) is 6. The molecule has 0 N–H and O–H groups in total. The Hall–Kier alpha value is -0.480. The average molecular weight is 707 g/mol. The molecule has 0 saturated carbocycles. The lowest BCUT2D eigenvalue weighted by Crippen LogP contribution is -2.45. The molecule has 0 bridgehead atoms. The van der Waals surface area contributed by atoms with Gasteiger partial charge < -0.3 is 48.0 Å². The predicted molar refractivity (Wildman–Crippen MR) is 204 cm³/mol. The van der Waals surface area contributed by atoms with Crippen molar-refractivity contribution in [2.45, 2.75) is 44.9 Å². The molecule has 4 rings (SSSR count). The lowest BCUT2D eigenvalue weighted by molar-refractivity contribution is 0.0263. The van der Waals surface area contributed by atoms with Crippen LogP contribution in [0.25, 0.3) is 0 Å². The second-order valence-electron chi connectivity index (χ2n) is 13.5. The van der Waals surface area contributed by atoms with Crippen molar-refractivity contribution in [2.75, 3.05) is 201 Å². The highest BCUT2D eigenvalue weighted by atomic mass is 16.5. The fraction of sp³-hybridized carbons (Fsp3) is 1.00. The highest BCUT2D eigenvalue weighted by Gasteiger charge is 2.12. The van der Waals surface area contributed by atoms with Crippen molar-refractivity contribution < 1.29 is 28.4 Å². The molecular formula is C37H82N6O6. The number of likely N-dealkylation sites (tertiary alicyclic amines) is 2. The Kier molecular flexibility index (Phi) is 36.9. The molecule has 0 radical (unpaired) electrons. The number of piperidine rings is 2. The zero-order valence-electron chi connectivity index (χ0n) is 33.6. The molecule has 4 fully saturated rings. The number of likely N-dealkylation sites (N-methyl/N-ethyl adjacent to an activating group) is 2. The normalized spacial score (nSPS) is 19.8. The molecule has 0 atom stereocenters. The molecule has 4 aliphatic rings. The zero-order valence-corrected chi connectivity index (χ0v) is 33.6. The van der Waals surface area contributed by atoms with Crippen LogP contribution in [-0.2, 0) is 28.4 Å². The predicted octanol–water partition coefficient (Wildman–Crippen LogP) is 2.67. The van der Waals surface area contributed by atoms with E-state index in [2.05, 4.69) is 36.4 Å². The summed E-state index contributed by atoms with van der Waals surface area (Å²) < 4.78 is 30.0. The molecule has 296 valence electrons. The van der Waals surface area contributed by atoms with Crippen molar-refractivity contribution in [2.24, 2.45) is 0 Å². The van der Waals surface area contributed by atoms with Gasteiger partial charge in [0.05, 0.1) is 39.6 Å². The molecule has 4 saturated heterocycles. The van der Waals surface area contributed by atoms with Crippen LogP contribution in [0, 0.1) is 0 Å². The highest BCUT2D eigenvalue weighted by molar-refractivity contribution is 4.68. The summed E-state index contributed by atoms with van der Waals surface area (Å²) in [5.74, 6) is 0. The van der Waals surface area contributed by atoms with Crippen LogP contribution in [0.2, 0.25) is 0 Å². The molecule has 0 spiro atoms. The minimum Gasteiger partial charge on any atom is -0.385 e. The van der Waals surface area contributed by atoms with Gasteiger partial charge in [0, 0.05) is 114 Å². The smallest absolute Gasteiger partial charge is 0.0594 e. The molecule has 4 aliphatic heterocycles. The van der Waals surface area contributed by atoms with Gasteiger partial charge in [-0.3, -0.25) is 9.80 Å². The summed E-state index contributed by atoms with van der Waals surface area (Å²) in [6, 6.07) is 0. The van der Waals surface area contributed by atoms with Crippen molar-refractivity contribution in [3.8, 4) is 0 Å². The summed E-state index contributed by atoms with van der Waals surface area (Å²) in [4.78, 5) is 14.3. The van der Waals surface area contributed by atoms with Gasteiger partial charge in [-0.15, -0.1) is 0 Å². The largest absolute Gasteiger partial charge is 0.385 e. The lowest BCUT2D eigenvalue weighted by Gasteiger charge is -2.31. The topological polar surface area (TPSA) is 74.8 Å². The van der Waals surface area contributed by atoms with E-state index in [1.54, 1.807) is 35.5 Å². The zero-order chi connectivity index (χ0) is 36.2. The molecular weight excluding hydrogens is 624 g/mol. The molecule has 12 heteroatoms. The molecule has 4 heterocycles. The molecule has 49 heavy (non-hydrogen) atoms. The Morgan fingerprint density at radius 3 is 1.22 bits per heavy atom. The van der Waals surface area contributed by atoms with E-state index in [1.807, 2.05) is 14.1 Å². The van der Waals surface area contributed by atoms with E-state index in [9.17, 15) is 0 Å². The van der Waals surface area contributed by atoms with Crippen molar-refractivity contribution in [3.05, 3.63) is 0 Å². The van der Waals surface area contributed by atoms with E-state index < -0.39 is 0 Å². The third-order valence-electron chi connectivity index (χ3n) is 9.00. The Labute approximate surface area is 303 Å². The maximum Gasteiger partial charge on any atom is 0.0594 e. The summed E-state index contributed by atoms with van der Waals surface area (Å²) in [7, 11) is 15.0. The van der Waals surface area contributed by atoms with Gasteiger partial charge in [0.1, 0.15) is 0 Å². The van der Waals surface area contributed by atoms with Gasteiger partial charge in [-0.1, -0.05) is 12.8 Å². The van der Waals surface area contributed by atoms with Crippen molar-refractivity contribution in [1.29, 1.82) is 0 Å². The monoisotopic (exact) mass is 707 g/mol. The third-order valence-corrected chi connectivity index (χ3v) is 9.00. The number of ether oxygens (including phenoxy) is 6. The van der Waals surface area contributed by atoms with Gasteiger partial charge in [0.2, 0.25) is 0 Å². The number of piperazine rings is 1. The van der Waals surface area contributed by atoms with Gasteiger partial charge in [-0.25, -0.2) is 0 Å². The molecule has 0 aromatic rings. The second kappa shape index (κ2) is 37.3. The first kappa shape index (κ1) is 48.5. The average Bonchev–Trinajstić information content (AvgIpc) is 3.14. The van der Waals surface area contributed by atoms with Crippen LogP contribution in [0.15, 0.2) is 0 Å². The summed E-state index contributed by atoms with van der Waals surface area (Å²) in [5, 5.41) is 0. The van der Waals surface area contributed by atoms with E-state index in [0.717, 1.165) is 85.5 Å². The van der Waals surface area contributed by atoms with Gasteiger partial charge in [0.15, 0.2) is 0 Å². The summed E-state index contributed by atoms with van der Waals surface area (Å²) >= 11 is 0. The standard InChI is InChI=1S/C9H19NO.C8H18N2O.C8H17NO.C7H15NO2.C5H13NO/c1-11-9-5-8-10-6-3-2-4-7-10;1-9-3-5-10(6-4-9)7-8-11-2;1-10-8-7-9-5-3-2-4-6-9;1-9-5-2-8-3-6-10-7-4-8;1-6(2)4-5-7-3/h2-9H2,1H3;3-8H2,1-2H3;2-8H2,1H3;2-7H2,1H3;4-5H2,1-3H3. The molecule has 0 aromatic carbocycles. The van der Waals surface area contributed by atoms with Gasteiger partial charge >= 0.3 is 0 Å². The number of hydrogen-bond donors (Lipinski definition) is 0. The Balaban J connectivity index is 0.000000593. The lowest BCUT2D eigenvalue weighted by atomic mass is 10.1. The van der Waals surface area contributed by atoms with Crippen LogP contribution < -0.4 is 0 Å². The van der Waals surface area contributed by atoms with Crippen LogP contribution in [0.5, 0.6) is 0 Å².